The van der Waals surface area contributed by atoms with Gasteiger partial charge in [0.1, 0.15) is 18.1 Å². The van der Waals surface area contributed by atoms with Gasteiger partial charge in [-0.25, -0.2) is 4.79 Å². The fourth-order valence-corrected chi connectivity index (χ4v) is 2.17. The lowest BCUT2D eigenvalue weighted by molar-refractivity contribution is -0.163. The van der Waals surface area contributed by atoms with Gasteiger partial charge in [-0.1, -0.05) is 12.7 Å². The quantitative estimate of drug-likeness (QED) is 0.625. The molecule has 1 saturated heterocycles. The van der Waals surface area contributed by atoms with E-state index < -0.39 is 35.7 Å². The predicted molar refractivity (Wildman–Crippen MR) is 73.1 cm³/mol. The first-order chi connectivity index (χ1) is 9.17. The molecule has 2 unspecified atom stereocenters. The molecule has 1 aliphatic rings. The van der Waals surface area contributed by atoms with Gasteiger partial charge in [-0.3, -0.25) is 4.79 Å². The second-order valence-corrected chi connectivity index (χ2v) is 5.89. The van der Waals surface area contributed by atoms with E-state index in [-0.39, 0.29) is 13.2 Å². The molecule has 3 atom stereocenters. The molecule has 6 nitrogen and oxygen atoms in total. The maximum absolute atomic E-state index is 12.1. The lowest BCUT2D eigenvalue weighted by Gasteiger charge is -2.26. The Balaban J connectivity index is 2.73. The number of carbonyl (C=O) groups excluding carboxylic acids is 2. The summed E-state index contributed by atoms with van der Waals surface area (Å²) in [6.45, 7) is 10.6. The van der Waals surface area contributed by atoms with Crippen LogP contribution in [0.15, 0.2) is 12.7 Å². The van der Waals surface area contributed by atoms with E-state index in [0.29, 0.717) is 0 Å². The van der Waals surface area contributed by atoms with Crippen LogP contribution < -0.4 is 0 Å². The molecule has 0 radical (unpaired) electrons. The number of amides is 1. The predicted octanol–water partition coefficient (Wildman–Crippen LogP) is 1.33. The van der Waals surface area contributed by atoms with E-state index in [1.165, 1.54) is 11.0 Å². The van der Waals surface area contributed by atoms with Crippen LogP contribution >= 0.6 is 0 Å². The zero-order chi connectivity index (χ0) is 15.5. The van der Waals surface area contributed by atoms with Crippen LogP contribution in [0.3, 0.4) is 0 Å². The van der Waals surface area contributed by atoms with E-state index >= 15 is 0 Å². The van der Waals surface area contributed by atoms with Crippen LogP contribution in [0.4, 0.5) is 4.79 Å². The molecule has 0 aromatic carbocycles. The first-order valence-electron chi connectivity index (χ1n) is 6.62. The number of nitrogens with zero attached hydrogens (tertiary/aromatic N) is 1. The van der Waals surface area contributed by atoms with Crippen LogP contribution in [-0.4, -0.2) is 53.0 Å². The molecule has 1 fully saturated rings. The number of rotatable bonds is 3. The molecule has 1 aliphatic heterocycles. The summed E-state index contributed by atoms with van der Waals surface area (Å²) < 4.78 is 10.2. The molecule has 1 amide bonds. The van der Waals surface area contributed by atoms with Crippen molar-refractivity contribution >= 4 is 12.1 Å². The number of likely N-dealkylation sites (tertiary alicyclic amines) is 1. The van der Waals surface area contributed by atoms with E-state index in [2.05, 4.69) is 6.58 Å². The van der Waals surface area contributed by atoms with Gasteiger partial charge < -0.3 is 19.5 Å². The summed E-state index contributed by atoms with van der Waals surface area (Å²) in [7, 11) is 0. The van der Waals surface area contributed by atoms with Gasteiger partial charge in [0.05, 0.1) is 12.6 Å². The van der Waals surface area contributed by atoms with Gasteiger partial charge in [-0.15, -0.1) is 0 Å². The van der Waals surface area contributed by atoms with Crippen LogP contribution in [0, 0.1) is 5.92 Å². The Kier molecular flexibility index (Phi) is 5.16. The number of aliphatic hydroxyl groups is 1. The second-order valence-electron chi connectivity index (χ2n) is 5.89. The lowest BCUT2D eigenvalue weighted by atomic mass is 9.99. The van der Waals surface area contributed by atoms with Gasteiger partial charge >= 0.3 is 12.1 Å². The van der Waals surface area contributed by atoms with Gasteiger partial charge in [-0.2, -0.15) is 0 Å². The van der Waals surface area contributed by atoms with Crippen molar-refractivity contribution < 1.29 is 24.2 Å². The molecular weight excluding hydrogens is 262 g/mol. The normalized spacial score (nSPS) is 26.2. The minimum atomic E-state index is -0.948. The number of ether oxygens (including phenoxy) is 2. The summed E-state index contributed by atoms with van der Waals surface area (Å²) in [4.78, 5) is 25.2. The Bertz CT molecular complexity index is 388. The largest absolute Gasteiger partial charge is 0.460 e. The van der Waals surface area contributed by atoms with Gasteiger partial charge in [-0.05, 0) is 27.7 Å². The first-order valence-corrected chi connectivity index (χ1v) is 6.62. The lowest BCUT2D eigenvalue weighted by Crippen LogP contribution is -2.40. The van der Waals surface area contributed by atoms with Crippen molar-refractivity contribution in [3.63, 3.8) is 0 Å². The van der Waals surface area contributed by atoms with Crippen molar-refractivity contribution in [2.24, 2.45) is 5.92 Å². The van der Waals surface area contributed by atoms with Crippen LogP contribution in [-0.2, 0) is 14.3 Å². The third kappa shape index (κ3) is 3.96. The number of hydrogen-bond acceptors (Lipinski definition) is 5. The minimum Gasteiger partial charge on any atom is -0.460 e. The Labute approximate surface area is 119 Å². The third-order valence-corrected chi connectivity index (χ3v) is 3.05. The molecule has 1 rings (SSSR count). The van der Waals surface area contributed by atoms with Crippen molar-refractivity contribution in [3.8, 4) is 0 Å². The second kappa shape index (κ2) is 6.26. The molecule has 6 heteroatoms. The molecule has 1 heterocycles. The third-order valence-electron chi connectivity index (χ3n) is 3.05. The van der Waals surface area contributed by atoms with E-state index in [1.807, 2.05) is 0 Å². The van der Waals surface area contributed by atoms with E-state index in [0.717, 1.165) is 0 Å². The summed E-state index contributed by atoms with van der Waals surface area (Å²) in [6, 6.07) is -0.475. The smallest absolute Gasteiger partial charge is 0.410 e. The van der Waals surface area contributed by atoms with Crippen molar-refractivity contribution in [3.05, 3.63) is 12.7 Å². The molecule has 1 N–H and O–H groups in total. The standard InChI is InChI=1S/C14H23NO5/c1-6-7-19-13(18)15-8-10(16)11(9(15)2)12(17)20-14(3,4)5/h6,9-11,16H,1,7-8H2,2-5H3/t9-,10?,11?/m0/s1. The van der Waals surface area contributed by atoms with Crippen molar-refractivity contribution in [2.75, 3.05) is 13.2 Å². The van der Waals surface area contributed by atoms with E-state index in [1.54, 1.807) is 27.7 Å². The molecule has 114 valence electrons. The SMILES string of the molecule is C=CCOC(=O)N1CC(O)C(C(=O)OC(C)(C)C)[C@@H]1C. The summed E-state index contributed by atoms with van der Waals surface area (Å²) in [5.41, 5.74) is -0.632. The Morgan fingerprint density at radius 1 is 1.45 bits per heavy atom. The van der Waals surface area contributed by atoms with E-state index in [9.17, 15) is 14.7 Å². The van der Waals surface area contributed by atoms with Crippen LogP contribution in [0.5, 0.6) is 0 Å². The molecule has 0 saturated carbocycles. The fraction of sp³-hybridized carbons (Fsp3) is 0.714. The maximum Gasteiger partial charge on any atom is 0.410 e. The number of aliphatic hydroxyl groups excluding tert-OH is 1. The van der Waals surface area contributed by atoms with Gasteiger partial charge in [0.15, 0.2) is 0 Å². The Hall–Kier alpha value is -1.56. The van der Waals surface area contributed by atoms with Crippen molar-refractivity contribution in [1.82, 2.24) is 4.90 Å². The topological polar surface area (TPSA) is 76.1 Å². The molecule has 0 aromatic heterocycles. The Morgan fingerprint density at radius 3 is 2.55 bits per heavy atom. The molecule has 0 spiro atoms. The summed E-state index contributed by atoms with van der Waals surface area (Å²) >= 11 is 0. The molecule has 20 heavy (non-hydrogen) atoms. The molecule has 0 aliphatic carbocycles. The van der Waals surface area contributed by atoms with Crippen molar-refractivity contribution in [2.45, 2.75) is 45.4 Å². The highest BCUT2D eigenvalue weighted by molar-refractivity contribution is 5.77. The fourth-order valence-electron chi connectivity index (χ4n) is 2.17. The average molecular weight is 285 g/mol. The highest BCUT2D eigenvalue weighted by Gasteiger charge is 2.47. The Morgan fingerprint density at radius 2 is 2.05 bits per heavy atom. The maximum atomic E-state index is 12.1. The number of hydrogen-bond donors (Lipinski definition) is 1. The van der Waals surface area contributed by atoms with Crippen LogP contribution in [0.2, 0.25) is 0 Å². The minimum absolute atomic E-state index is 0.0566. The van der Waals surface area contributed by atoms with E-state index in [4.69, 9.17) is 9.47 Å². The van der Waals surface area contributed by atoms with Gasteiger partial charge in [0.2, 0.25) is 0 Å². The zero-order valence-corrected chi connectivity index (χ0v) is 12.5. The summed E-state index contributed by atoms with van der Waals surface area (Å²) in [5, 5.41) is 10.0. The summed E-state index contributed by atoms with van der Waals surface area (Å²) in [6.07, 6.45) is -0.0564. The highest BCUT2D eigenvalue weighted by Crippen LogP contribution is 2.28. The number of β-amino-alcohol motifs (C(OH)–C–C–N with tert-alkyl or cyclic N) is 1. The molecule has 0 bridgehead atoms. The first kappa shape index (κ1) is 16.5. The number of esters is 1. The monoisotopic (exact) mass is 285 g/mol. The van der Waals surface area contributed by atoms with Gasteiger partial charge in [0.25, 0.3) is 0 Å². The van der Waals surface area contributed by atoms with Gasteiger partial charge in [0, 0.05) is 6.04 Å². The summed E-state index contributed by atoms with van der Waals surface area (Å²) in [5.74, 6) is -1.26. The van der Waals surface area contributed by atoms with Crippen LogP contribution in [0.1, 0.15) is 27.7 Å². The molecule has 0 aromatic rings. The zero-order valence-electron chi connectivity index (χ0n) is 12.5. The average Bonchev–Trinajstić information content (AvgIpc) is 2.59. The van der Waals surface area contributed by atoms with Crippen molar-refractivity contribution in [1.29, 1.82) is 0 Å². The molecular formula is C14H23NO5. The van der Waals surface area contributed by atoms with Crippen LogP contribution in [0.25, 0.3) is 0 Å². The highest BCUT2D eigenvalue weighted by atomic mass is 16.6. The number of carbonyl (C=O) groups is 2.